The smallest absolute Gasteiger partial charge is 0.358 e. The molecule has 0 aromatic rings. The van der Waals surface area contributed by atoms with Crippen molar-refractivity contribution in [1.82, 2.24) is 0 Å². The van der Waals surface area contributed by atoms with E-state index in [1.165, 1.54) is 12.8 Å². The van der Waals surface area contributed by atoms with Crippen molar-refractivity contribution in [1.29, 1.82) is 0 Å². The van der Waals surface area contributed by atoms with Gasteiger partial charge in [0.15, 0.2) is 0 Å². The van der Waals surface area contributed by atoms with Crippen molar-refractivity contribution in [3.8, 4) is 0 Å². The van der Waals surface area contributed by atoms with Crippen LogP contribution in [0.5, 0.6) is 0 Å². The van der Waals surface area contributed by atoms with Crippen LogP contribution in [0.4, 0.5) is 0 Å². The highest BCUT2D eigenvalue weighted by Crippen LogP contribution is 2.62. The van der Waals surface area contributed by atoms with Crippen LogP contribution in [-0.2, 0) is 8.85 Å². The Hall–Kier alpha value is 2.52. The van der Waals surface area contributed by atoms with Crippen molar-refractivity contribution in [3.63, 3.8) is 0 Å². The molecule has 322 valence electrons. The zero-order valence-electron chi connectivity index (χ0n) is 42.8. The van der Waals surface area contributed by atoms with E-state index >= 15 is 0 Å². The Morgan fingerprint density at radius 1 is 0.352 bits per heavy atom. The van der Waals surface area contributed by atoms with Crippen molar-refractivity contribution in [2.24, 2.45) is 0 Å². The first-order valence-corrected chi connectivity index (χ1v) is 60.6. The highest BCUT2D eigenvalue weighted by Gasteiger charge is 2.74. The molecule has 2 unspecified atom stereocenters. The molecule has 1 rings (SSSR count). The molecule has 54 heavy (non-hydrogen) atoms. The zero-order valence-corrected chi connectivity index (χ0v) is 54.8. The Kier molecular flexibility index (Phi) is 17.9. The molecule has 1 aliphatic heterocycles. The van der Waals surface area contributed by atoms with Gasteiger partial charge in [-0.2, -0.15) is 0 Å². The molecule has 1 aliphatic rings. The normalized spacial score (nSPS) is 20.9. The maximum Gasteiger partial charge on any atom is 0.358 e. The van der Waals surface area contributed by atoms with Crippen LogP contribution in [0.25, 0.3) is 0 Å². The van der Waals surface area contributed by atoms with Gasteiger partial charge in [0.1, 0.15) is 15.9 Å². The second kappa shape index (κ2) is 17.7. The van der Waals surface area contributed by atoms with Gasteiger partial charge in [-0.1, -0.05) is 223 Å². The highest BCUT2D eigenvalue weighted by atomic mass is 29.3. The zero-order chi connectivity index (χ0) is 43.6. The molecule has 2 radical (unpaired) electrons. The number of hydrogen-bond donors (Lipinski definition) is 0. The quantitative estimate of drug-likeness (QED) is 0.128. The van der Waals surface area contributed by atoms with Gasteiger partial charge in [-0.15, -0.1) is 0 Å². The molecule has 0 N–H and O–H groups in total. The van der Waals surface area contributed by atoms with Crippen LogP contribution < -0.4 is 0 Å². The summed E-state index contributed by atoms with van der Waals surface area (Å²) in [5.74, 6) is 0. The van der Waals surface area contributed by atoms with Crippen LogP contribution in [0.1, 0.15) is 54.4 Å². The molecule has 0 bridgehead atoms. The Labute approximate surface area is 356 Å². The number of hydrogen-bond acceptors (Lipinski definition) is 2. The molecule has 0 aromatic heterocycles. The van der Waals surface area contributed by atoms with E-state index in [2.05, 4.69) is 199 Å². The van der Waals surface area contributed by atoms with Crippen LogP contribution in [0.3, 0.4) is 0 Å². The van der Waals surface area contributed by atoms with Crippen molar-refractivity contribution >= 4 is 96.9 Å². The number of rotatable bonds is 18. The van der Waals surface area contributed by atoms with E-state index in [4.69, 9.17) is 8.85 Å². The summed E-state index contributed by atoms with van der Waals surface area (Å²) in [6, 6.07) is 0. The second-order valence-electron chi connectivity index (χ2n) is 27.6. The standard InChI is InChI=1S/C40H102O2Si12/c1-31-35-41-44(54(34(5)6,39(49(19,20)21)50(22,23)24)40(51(25,26)27)52(28,29)30)42-36(32-2)43(35)53(33(3)4,37(45(7,8)9)46(10,11)12)38(47(13,14)15)48(16,17)18/h33-40H,31-32H2,1-30H3. The maximum absolute atomic E-state index is 8.53. The summed E-state index contributed by atoms with van der Waals surface area (Å²) < 4.78 is 17.1. The summed E-state index contributed by atoms with van der Waals surface area (Å²) in [4.78, 5) is 3.78. The summed E-state index contributed by atoms with van der Waals surface area (Å²) in [5.41, 5.74) is 2.39. The summed E-state index contributed by atoms with van der Waals surface area (Å²) >= 11 is 0. The van der Waals surface area contributed by atoms with Gasteiger partial charge < -0.3 is 8.85 Å². The molecule has 1 saturated heterocycles. The third-order valence-corrected chi connectivity index (χ3v) is 115. The molecule has 14 heteroatoms. The molecular formula is C40H102O2Si12. The lowest BCUT2D eigenvalue weighted by atomic mass is 10.5. The first-order valence-electron chi connectivity index (χ1n) is 22.5. The lowest BCUT2D eigenvalue weighted by Gasteiger charge is -2.68. The van der Waals surface area contributed by atoms with Crippen molar-refractivity contribution in [2.75, 3.05) is 0 Å². The summed E-state index contributed by atoms with van der Waals surface area (Å²) in [5, 5.41) is 0. The van der Waals surface area contributed by atoms with Crippen LogP contribution in [0, 0.1) is 0 Å². The third-order valence-electron chi connectivity index (χ3n) is 13.5. The Balaban J connectivity index is 4.84. The lowest BCUT2D eigenvalue weighted by Crippen LogP contribution is -2.85. The summed E-state index contributed by atoms with van der Waals surface area (Å²) in [6.45, 7) is 83.6. The van der Waals surface area contributed by atoms with Crippen molar-refractivity contribution in [3.05, 3.63) is 0 Å². The molecular weight excluding hydrogens is 849 g/mol. The lowest BCUT2D eigenvalue weighted by molar-refractivity contribution is 0.132. The topological polar surface area (TPSA) is 18.5 Å². The van der Waals surface area contributed by atoms with E-state index < -0.39 is 96.9 Å². The molecule has 0 aromatic carbocycles. The average molecular weight is 952 g/mol. The fraction of sp³-hybridized carbons (Fsp3) is 1.00. The fourth-order valence-corrected chi connectivity index (χ4v) is 187. The second-order valence-corrected chi connectivity index (χ2v) is 96.8. The van der Waals surface area contributed by atoms with Gasteiger partial charge in [0.2, 0.25) is 0 Å². The van der Waals surface area contributed by atoms with Gasteiger partial charge in [-0.05, 0) is 18.4 Å². The largest absolute Gasteiger partial charge is 0.397 e. The molecule has 0 aliphatic carbocycles. The third kappa shape index (κ3) is 11.1. The fourth-order valence-electron chi connectivity index (χ4n) is 15.7. The maximum atomic E-state index is 8.53. The molecule has 2 nitrogen and oxygen atoms in total. The van der Waals surface area contributed by atoms with Gasteiger partial charge in [0.25, 0.3) is 0 Å². The summed E-state index contributed by atoms with van der Waals surface area (Å²) in [6.07, 6.45) is 2.44. The molecule has 1 heterocycles. The Morgan fingerprint density at radius 3 is 0.685 bits per heavy atom. The van der Waals surface area contributed by atoms with Crippen molar-refractivity contribution in [2.45, 2.75) is 253 Å². The van der Waals surface area contributed by atoms with Gasteiger partial charge >= 0.3 is 8.80 Å². The minimum absolute atomic E-state index is 0.459. The Morgan fingerprint density at radius 2 is 0.537 bits per heavy atom. The van der Waals surface area contributed by atoms with E-state index in [0.29, 0.717) is 17.0 Å². The van der Waals surface area contributed by atoms with Crippen LogP contribution in [-0.4, -0.2) is 108 Å². The molecule has 0 saturated carbocycles. The minimum atomic E-state index is -2.23. The van der Waals surface area contributed by atoms with E-state index in [-0.39, 0.29) is 0 Å². The predicted octanol–water partition coefficient (Wildman–Crippen LogP) is 15.0. The first kappa shape index (κ1) is 54.5. The first-order chi connectivity index (χ1) is 23.5. The summed E-state index contributed by atoms with van der Waals surface area (Å²) in [7, 11) is -19.8. The Bertz CT molecular complexity index is 1070. The average Bonchev–Trinajstić information content (AvgIpc) is 2.84. The SMILES string of the molecule is CCC1O[Si]([Si](C(C)C)(C([Si](C)(C)C)[Si](C)(C)C)C([Si](C)(C)C)[Si](C)(C)C)OC(CC)[Si]1[Si](C(C)C)(C([Si](C)(C)C)[Si](C)(C)C)C([Si](C)(C)C)[Si](C)(C)C. The van der Waals surface area contributed by atoms with Crippen LogP contribution in [0.2, 0.25) is 187 Å². The molecule has 2 atom stereocenters. The van der Waals surface area contributed by atoms with E-state index in [1.807, 2.05) is 0 Å². The van der Waals surface area contributed by atoms with Crippen molar-refractivity contribution < 1.29 is 8.85 Å². The van der Waals surface area contributed by atoms with E-state index in [0.717, 1.165) is 24.7 Å². The van der Waals surface area contributed by atoms with Crippen LogP contribution in [0.15, 0.2) is 0 Å². The highest BCUT2D eigenvalue weighted by molar-refractivity contribution is 7.49. The molecule has 0 spiro atoms. The minimum Gasteiger partial charge on any atom is -0.397 e. The monoisotopic (exact) mass is 951 g/mol. The van der Waals surface area contributed by atoms with Gasteiger partial charge in [-0.3, -0.25) is 0 Å². The molecule has 0 amide bonds. The van der Waals surface area contributed by atoms with Gasteiger partial charge in [-0.25, -0.2) is 0 Å². The van der Waals surface area contributed by atoms with E-state index in [9.17, 15) is 0 Å². The van der Waals surface area contributed by atoms with Gasteiger partial charge in [0, 0.05) is 83.6 Å². The molecule has 1 fully saturated rings. The van der Waals surface area contributed by atoms with Crippen LogP contribution >= 0.6 is 0 Å². The van der Waals surface area contributed by atoms with E-state index in [1.54, 1.807) is 0 Å². The predicted molar refractivity (Wildman–Crippen MR) is 285 cm³/mol. The van der Waals surface area contributed by atoms with Gasteiger partial charge in [0.05, 0.1) is 0 Å².